The number of hydrogen-bond acceptors (Lipinski definition) is 5. The van der Waals surface area contributed by atoms with Crippen molar-refractivity contribution in [1.29, 1.82) is 0 Å². The second-order valence-corrected chi connectivity index (χ2v) is 20.7. The molecule has 2 aliphatic heterocycles. The third-order valence-electron chi connectivity index (χ3n) is 18.1. The molecule has 278 valence electrons. The van der Waals surface area contributed by atoms with E-state index in [2.05, 4.69) is 65.1 Å². The number of nitrogens with zero attached hydrogens (tertiary/aromatic N) is 3. The highest BCUT2D eigenvalue weighted by atomic mass is 16.3. The number of amides is 2. The Balaban J connectivity index is 0.890. The van der Waals surface area contributed by atoms with Crippen LogP contribution in [0.25, 0.3) is 0 Å². The number of hydrogen-bond donors (Lipinski definition) is 2. The summed E-state index contributed by atoms with van der Waals surface area (Å²) in [5.41, 5.74) is 3.84. The molecular weight excluding hydrogens is 633 g/mol. The normalized spacial score (nSPS) is 47.9. The van der Waals surface area contributed by atoms with Crippen LogP contribution in [-0.2, 0) is 15.0 Å². The second-order valence-electron chi connectivity index (χ2n) is 20.7. The molecule has 11 unspecified atom stereocenters. The van der Waals surface area contributed by atoms with Gasteiger partial charge in [-0.25, -0.2) is 0 Å². The topological polar surface area (TPSA) is 76.1 Å². The Hall–Kier alpha value is -1.96. The van der Waals surface area contributed by atoms with E-state index in [1.807, 2.05) is 0 Å². The van der Waals surface area contributed by atoms with Gasteiger partial charge < -0.3 is 15.3 Å². The maximum Gasteiger partial charge on any atom is 0.228 e. The Morgan fingerprint density at radius 2 is 1.65 bits per heavy atom. The quantitative estimate of drug-likeness (QED) is 0.343. The fourth-order valence-corrected chi connectivity index (χ4v) is 17.2. The average molecular weight is 697 g/mol. The van der Waals surface area contributed by atoms with Gasteiger partial charge in [-0.1, -0.05) is 50.1 Å². The first-order chi connectivity index (χ1) is 24.5. The van der Waals surface area contributed by atoms with Crippen molar-refractivity contribution in [1.82, 2.24) is 20.0 Å². The monoisotopic (exact) mass is 696 g/mol. The molecule has 6 bridgehead atoms. The summed E-state index contributed by atoms with van der Waals surface area (Å²) in [6.07, 6.45) is 15.5. The number of aryl methyl sites for hydroxylation is 1. The van der Waals surface area contributed by atoms with E-state index in [0.29, 0.717) is 58.4 Å². The van der Waals surface area contributed by atoms with Crippen molar-refractivity contribution in [3.8, 4) is 0 Å². The molecule has 8 saturated carbocycles. The molecule has 1 spiro atoms. The highest BCUT2D eigenvalue weighted by Crippen LogP contribution is 2.93. The Labute approximate surface area is 306 Å². The van der Waals surface area contributed by atoms with E-state index in [0.717, 1.165) is 90.3 Å². The molecule has 11 atom stereocenters. The van der Waals surface area contributed by atoms with E-state index >= 15 is 0 Å². The molecule has 11 rings (SSSR count). The molecule has 10 fully saturated rings. The summed E-state index contributed by atoms with van der Waals surface area (Å²) in [5, 5.41) is 13.1. The standard InChI is InChI=1S/C44H64N4O3/c1-30-7-9-33(10-8-30)43-22-31-20-32(23-41(21-31,28-43)38(51)48-16-14-46(15-17-48)18-19-49)36(43)35-6-4-5-12-47(35)13-11-45-37(50)42-25-34-24-39(2)26-40(3,27-42)44(34,39)29-42/h7-10,31-32,34-36,49H,4-6,11-29H2,1-3H3,(H,45,50). The van der Waals surface area contributed by atoms with Gasteiger partial charge in [0.25, 0.3) is 0 Å². The van der Waals surface area contributed by atoms with Crippen molar-refractivity contribution in [2.24, 2.45) is 50.7 Å². The van der Waals surface area contributed by atoms with E-state index in [-0.39, 0.29) is 22.9 Å². The molecule has 1 aromatic carbocycles. The lowest BCUT2D eigenvalue weighted by Gasteiger charge is -2.78. The lowest BCUT2D eigenvalue weighted by Crippen LogP contribution is -2.72. The third-order valence-corrected chi connectivity index (χ3v) is 18.1. The Morgan fingerprint density at radius 3 is 2.37 bits per heavy atom. The SMILES string of the molecule is Cc1ccc(C23CC4CC(CC(C(=O)N5CCN(CCO)CC5)(C4)C2)C3C2CCCCN2CCNC(=O)C23CC4CC5(C)CC(C)(C2)C45C3)cc1. The molecule has 51 heavy (non-hydrogen) atoms. The number of aliphatic hydroxyl groups is 1. The molecule has 2 heterocycles. The van der Waals surface area contributed by atoms with Gasteiger partial charge in [0.05, 0.1) is 17.4 Å². The van der Waals surface area contributed by atoms with Gasteiger partial charge in [0.15, 0.2) is 0 Å². The molecule has 0 aromatic heterocycles. The zero-order valence-electron chi connectivity index (χ0n) is 31.9. The van der Waals surface area contributed by atoms with E-state index in [9.17, 15) is 14.7 Å². The molecule has 8 aliphatic carbocycles. The highest BCUT2D eigenvalue weighted by molar-refractivity contribution is 5.85. The van der Waals surface area contributed by atoms with Crippen LogP contribution < -0.4 is 5.32 Å². The first kappa shape index (κ1) is 33.6. The molecule has 1 aromatic rings. The summed E-state index contributed by atoms with van der Waals surface area (Å²) >= 11 is 0. The number of rotatable bonds is 9. The summed E-state index contributed by atoms with van der Waals surface area (Å²) in [6.45, 7) is 14.3. The van der Waals surface area contributed by atoms with Crippen LogP contribution in [0.1, 0.15) is 108 Å². The largest absolute Gasteiger partial charge is 0.395 e. The van der Waals surface area contributed by atoms with Crippen LogP contribution in [0.15, 0.2) is 24.3 Å². The van der Waals surface area contributed by atoms with Crippen LogP contribution in [0.2, 0.25) is 0 Å². The summed E-state index contributed by atoms with van der Waals surface area (Å²) in [4.78, 5) is 36.2. The first-order valence-corrected chi connectivity index (χ1v) is 21.2. The Morgan fingerprint density at radius 1 is 0.843 bits per heavy atom. The van der Waals surface area contributed by atoms with Crippen molar-refractivity contribution in [2.45, 2.75) is 116 Å². The number of aliphatic hydroxyl groups excluding tert-OH is 1. The van der Waals surface area contributed by atoms with E-state index < -0.39 is 0 Å². The summed E-state index contributed by atoms with van der Waals surface area (Å²) in [5.74, 6) is 3.35. The summed E-state index contributed by atoms with van der Waals surface area (Å²) in [6, 6.07) is 10.0. The number of nitrogens with one attached hydrogen (secondary N) is 1. The zero-order valence-corrected chi connectivity index (χ0v) is 31.9. The molecule has 2 amide bonds. The molecule has 2 saturated heterocycles. The predicted octanol–water partition coefficient (Wildman–Crippen LogP) is 5.77. The van der Waals surface area contributed by atoms with Crippen LogP contribution in [0, 0.1) is 57.7 Å². The molecular formula is C44H64N4O3. The van der Waals surface area contributed by atoms with Crippen LogP contribution in [0.4, 0.5) is 0 Å². The Kier molecular flexibility index (Phi) is 7.44. The molecule has 7 nitrogen and oxygen atoms in total. The lowest BCUT2D eigenvalue weighted by molar-refractivity contribution is -0.301. The third kappa shape index (κ3) is 4.46. The van der Waals surface area contributed by atoms with Crippen LogP contribution in [0.5, 0.6) is 0 Å². The minimum Gasteiger partial charge on any atom is -0.395 e. The van der Waals surface area contributed by atoms with E-state index in [4.69, 9.17) is 0 Å². The number of fused-ring (bicyclic) bond motifs is 1. The van der Waals surface area contributed by atoms with Crippen LogP contribution in [0.3, 0.4) is 0 Å². The zero-order chi connectivity index (χ0) is 35.0. The van der Waals surface area contributed by atoms with Gasteiger partial charge in [-0.2, -0.15) is 0 Å². The van der Waals surface area contributed by atoms with Gasteiger partial charge in [-0.05, 0) is 136 Å². The number of carbonyl (C=O) groups is 2. The van der Waals surface area contributed by atoms with Gasteiger partial charge in [-0.15, -0.1) is 0 Å². The molecule has 7 heteroatoms. The average Bonchev–Trinajstić information content (AvgIpc) is 3.56. The predicted molar refractivity (Wildman–Crippen MR) is 199 cm³/mol. The highest BCUT2D eigenvalue weighted by Gasteiger charge is 2.87. The number of benzene rings is 1. The fourth-order valence-electron chi connectivity index (χ4n) is 17.2. The minimum absolute atomic E-state index is 0.0300. The first-order valence-electron chi connectivity index (χ1n) is 21.2. The lowest BCUT2D eigenvalue weighted by atomic mass is 9.26. The van der Waals surface area contributed by atoms with Crippen molar-refractivity contribution in [3.63, 3.8) is 0 Å². The smallest absolute Gasteiger partial charge is 0.228 e. The van der Waals surface area contributed by atoms with Gasteiger partial charge in [0, 0.05) is 57.3 Å². The molecule has 0 radical (unpaired) electrons. The number of likely N-dealkylation sites (tertiary alicyclic amines) is 1. The number of carbonyl (C=O) groups excluding carboxylic acids is 2. The second kappa shape index (κ2) is 11.3. The van der Waals surface area contributed by atoms with E-state index in [1.54, 1.807) is 0 Å². The van der Waals surface area contributed by atoms with Crippen LogP contribution in [-0.4, -0.2) is 96.6 Å². The van der Waals surface area contributed by atoms with Gasteiger partial charge in [-0.3, -0.25) is 19.4 Å². The summed E-state index contributed by atoms with van der Waals surface area (Å²) < 4.78 is 0. The van der Waals surface area contributed by atoms with Crippen molar-refractivity contribution in [3.05, 3.63) is 35.4 Å². The van der Waals surface area contributed by atoms with Crippen LogP contribution >= 0.6 is 0 Å². The van der Waals surface area contributed by atoms with Gasteiger partial charge >= 0.3 is 0 Å². The van der Waals surface area contributed by atoms with Crippen molar-refractivity contribution < 1.29 is 14.7 Å². The molecule has 2 N–H and O–H groups in total. The van der Waals surface area contributed by atoms with Gasteiger partial charge in [0.2, 0.25) is 11.8 Å². The number of piperazine rings is 1. The number of piperidine rings is 1. The molecule has 10 aliphatic rings. The maximum atomic E-state index is 14.8. The van der Waals surface area contributed by atoms with Crippen molar-refractivity contribution in [2.75, 3.05) is 59.0 Å². The summed E-state index contributed by atoms with van der Waals surface area (Å²) in [7, 11) is 0. The number of β-amino-alcohol motifs (C(OH)–C–C–N with tert-alkyl or cyclic N) is 1. The van der Waals surface area contributed by atoms with Gasteiger partial charge in [0.1, 0.15) is 0 Å². The fraction of sp³-hybridized carbons (Fsp3) is 0.818. The maximum absolute atomic E-state index is 14.8. The van der Waals surface area contributed by atoms with Crippen molar-refractivity contribution >= 4 is 11.8 Å². The Bertz CT molecular complexity index is 1590. The minimum atomic E-state index is -0.243. The van der Waals surface area contributed by atoms with E-state index in [1.165, 1.54) is 56.1 Å².